The lowest BCUT2D eigenvalue weighted by Gasteiger charge is -2.09. The van der Waals surface area contributed by atoms with Gasteiger partial charge in [0.2, 0.25) is 5.91 Å². The van der Waals surface area contributed by atoms with E-state index in [1.54, 1.807) is 30.6 Å². The molecule has 0 aliphatic rings. The number of rotatable bonds is 7. The molecule has 128 valence electrons. The maximum atomic E-state index is 11.8. The van der Waals surface area contributed by atoms with Gasteiger partial charge in [0, 0.05) is 18.7 Å². The van der Waals surface area contributed by atoms with E-state index < -0.39 is 5.91 Å². The highest BCUT2D eigenvalue weighted by Gasteiger charge is 2.05. The van der Waals surface area contributed by atoms with Gasteiger partial charge in [-0.25, -0.2) is 4.98 Å². The van der Waals surface area contributed by atoms with Crippen molar-refractivity contribution in [3.05, 3.63) is 60.4 Å². The minimum atomic E-state index is -0.503. The number of carbonyl (C=O) groups excluding carboxylic acids is 2. The quantitative estimate of drug-likeness (QED) is 0.679. The van der Waals surface area contributed by atoms with Crippen molar-refractivity contribution in [2.75, 3.05) is 13.2 Å². The van der Waals surface area contributed by atoms with Gasteiger partial charge in [-0.1, -0.05) is 12.1 Å². The summed E-state index contributed by atoms with van der Waals surface area (Å²) in [6.07, 6.45) is 1.76. The van der Waals surface area contributed by atoms with Crippen LogP contribution in [-0.4, -0.2) is 34.5 Å². The Bertz CT molecular complexity index is 887. The van der Waals surface area contributed by atoms with Gasteiger partial charge in [0.15, 0.2) is 6.61 Å². The molecule has 3 aromatic rings. The SMILES string of the molecule is NC(=O)c1ccc(OCC(=O)NCCn2cnc3ccccc32)cc1. The Labute approximate surface area is 144 Å². The van der Waals surface area contributed by atoms with Gasteiger partial charge in [-0.15, -0.1) is 0 Å². The van der Waals surface area contributed by atoms with E-state index in [1.165, 1.54) is 0 Å². The molecule has 25 heavy (non-hydrogen) atoms. The number of nitrogens with two attached hydrogens (primary N) is 1. The summed E-state index contributed by atoms with van der Waals surface area (Å²) in [6, 6.07) is 14.1. The van der Waals surface area contributed by atoms with E-state index >= 15 is 0 Å². The van der Waals surface area contributed by atoms with Crippen molar-refractivity contribution in [2.24, 2.45) is 5.73 Å². The third kappa shape index (κ3) is 4.14. The summed E-state index contributed by atoms with van der Waals surface area (Å²) in [7, 11) is 0. The second-order valence-corrected chi connectivity index (χ2v) is 5.45. The van der Waals surface area contributed by atoms with Crippen molar-refractivity contribution in [3.63, 3.8) is 0 Å². The number of nitrogens with zero attached hydrogens (tertiary/aromatic N) is 2. The van der Waals surface area contributed by atoms with Gasteiger partial charge in [-0.3, -0.25) is 9.59 Å². The molecule has 0 saturated carbocycles. The van der Waals surface area contributed by atoms with E-state index in [4.69, 9.17) is 10.5 Å². The number of benzene rings is 2. The van der Waals surface area contributed by atoms with E-state index in [0.717, 1.165) is 11.0 Å². The standard InChI is InChI=1S/C18H18N4O3/c19-18(24)13-5-7-14(8-6-13)25-11-17(23)20-9-10-22-12-21-15-3-1-2-4-16(15)22/h1-8,12H,9-11H2,(H2,19,24)(H,20,23). The van der Waals surface area contributed by atoms with Crippen LogP contribution >= 0.6 is 0 Å². The summed E-state index contributed by atoms with van der Waals surface area (Å²) in [6.45, 7) is 1.00. The molecule has 1 heterocycles. The van der Waals surface area contributed by atoms with Crippen LogP contribution in [0, 0.1) is 0 Å². The van der Waals surface area contributed by atoms with E-state index in [-0.39, 0.29) is 12.5 Å². The molecule has 0 unspecified atom stereocenters. The molecule has 7 nitrogen and oxygen atoms in total. The number of fused-ring (bicyclic) bond motifs is 1. The Morgan fingerprint density at radius 3 is 2.64 bits per heavy atom. The van der Waals surface area contributed by atoms with Crippen LogP contribution < -0.4 is 15.8 Å². The number of hydrogen-bond donors (Lipinski definition) is 2. The number of carbonyl (C=O) groups is 2. The van der Waals surface area contributed by atoms with Gasteiger partial charge in [0.05, 0.1) is 17.4 Å². The average molecular weight is 338 g/mol. The van der Waals surface area contributed by atoms with Crippen LogP contribution in [0.2, 0.25) is 0 Å². The fourth-order valence-corrected chi connectivity index (χ4v) is 2.42. The topological polar surface area (TPSA) is 99.2 Å². The molecular weight excluding hydrogens is 320 g/mol. The van der Waals surface area contributed by atoms with Crippen molar-refractivity contribution in [2.45, 2.75) is 6.54 Å². The molecule has 2 aromatic carbocycles. The van der Waals surface area contributed by atoms with Crippen molar-refractivity contribution >= 4 is 22.8 Å². The van der Waals surface area contributed by atoms with E-state index in [9.17, 15) is 9.59 Å². The summed E-state index contributed by atoms with van der Waals surface area (Å²) in [5.74, 6) is -0.222. The first-order valence-electron chi connectivity index (χ1n) is 7.83. The minimum absolute atomic E-state index is 0.0966. The molecule has 1 aromatic heterocycles. The number of nitrogens with one attached hydrogen (secondary N) is 1. The van der Waals surface area contributed by atoms with Crippen LogP contribution in [0.25, 0.3) is 11.0 Å². The van der Waals surface area contributed by atoms with Crippen LogP contribution in [-0.2, 0) is 11.3 Å². The molecule has 0 bridgehead atoms. The second kappa shape index (κ2) is 7.48. The Kier molecular flexibility index (Phi) is 4.94. The Morgan fingerprint density at radius 2 is 1.88 bits per heavy atom. The zero-order valence-corrected chi connectivity index (χ0v) is 13.5. The largest absolute Gasteiger partial charge is 0.484 e. The smallest absolute Gasteiger partial charge is 0.258 e. The number of primary amides is 1. The average Bonchev–Trinajstić information content (AvgIpc) is 3.04. The third-order valence-electron chi connectivity index (χ3n) is 3.71. The lowest BCUT2D eigenvalue weighted by Crippen LogP contribution is -2.31. The number of hydrogen-bond acceptors (Lipinski definition) is 4. The minimum Gasteiger partial charge on any atom is -0.484 e. The van der Waals surface area contributed by atoms with Crippen LogP contribution in [0.15, 0.2) is 54.9 Å². The summed E-state index contributed by atoms with van der Waals surface area (Å²) < 4.78 is 7.36. The third-order valence-corrected chi connectivity index (χ3v) is 3.71. The molecular formula is C18H18N4O3. The summed E-state index contributed by atoms with van der Waals surface area (Å²) >= 11 is 0. The summed E-state index contributed by atoms with van der Waals surface area (Å²) in [5, 5.41) is 2.80. The van der Waals surface area contributed by atoms with E-state index in [1.807, 2.05) is 28.8 Å². The van der Waals surface area contributed by atoms with E-state index in [0.29, 0.717) is 24.4 Å². The van der Waals surface area contributed by atoms with Crippen LogP contribution in [0.4, 0.5) is 0 Å². The highest BCUT2D eigenvalue weighted by Crippen LogP contribution is 2.12. The molecule has 0 atom stereocenters. The maximum Gasteiger partial charge on any atom is 0.258 e. The second-order valence-electron chi connectivity index (χ2n) is 5.45. The number of para-hydroxylation sites is 2. The van der Waals surface area contributed by atoms with Crippen LogP contribution in [0.1, 0.15) is 10.4 Å². The molecule has 0 fully saturated rings. The lowest BCUT2D eigenvalue weighted by atomic mass is 10.2. The number of amides is 2. The zero-order valence-electron chi connectivity index (χ0n) is 13.5. The van der Waals surface area contributed by atoms with Gasteiger partial charge in [-0.2, -0.15) is 0 Å². The Balaban J connectivity index is 1.44. The van der Waals surface area contributed by atoms with Crippen molar-refractivity contribution in [3.8, 4) is 5.75 Å². The maximum absolute atomic E-state index is 11.8. The molecule has 3 rings (SSSR count). The first kappa shape index (κ1) is 16.5. The van der Waals surface area contributed by atoms with Gasteiger partial charge in [0.1, 0.15) is 5.75 Å². The number of imidazole rings is 1. The van der Waals surface area contributed by atoms with E-state index in [2.05, 4.69) is 10.3 Å². The van der Waals surface area contributed by atoms with Crippen LogP contribution in [0.5, 0.6) is 5.75 Å². The van der Waals surface area contributed by atoms with Crippen molar-refractivity contribution in [1.82, 2.24) is 14.9 Å². The molecule has 0 aliphatic carbocycles. The monoisotopic (exact) mass is 338 g/mol. The first-order chi connectivity index (χ1) is 12.1. The van der Waals surface area contributed by atoms with Gasteiger partial charge >= 0.3 is 0 Å². The number of aromatic nitrogens is 2. The fourth-order valence-electron chi connectivity index (χ4n) is 2.42. The molecule has 7 heteroatoms. The highest BCUT2D eigenvalue weighted by molar-refractivity contribution is 5.92. The zero-order chi connectivity index (χ0) is 17.6. The molecule has 2 amide bonds. The normalized spacial score (nSPS) is 10.6. The molecule has 0 aliphatic heterocycles. The fraction of sp³-hybridized carbons (Fsp3) is 0.167. The Morgan fingerprint density at radius 1 is 1.12 bits per heavy atom. The first-order valence-corrected chi connectivity index (χ1v) is 7.83. The summed E-state index contributed by atoms with van der Waals surface area (Å²) in [5.41, 5.74) is 7.52. The summed E-state index contributed by atoms with van der Waals surface area (Å²) in [4.78, 5) is 27.1. The molecule has 3 N–H and O–H groups in total. The van der Waals surface area contributed by atoms with Gasteiger partial charge in [-0.05, 0) is 36.4 Å². The number of ether oxygens (including phenoxy) is 1. The van der Waals surface area contributed by atoms with Gasteiger partial charge in [0.25, 0.3) is 5.91 Å². The highest BCUT2D eigenvalue weighted by atomic mass is 16.5. The predicted octanol–water partition coefficient (Wildman–Crippen LogP) is 1.33. The molecule has 0 spiro atoms. The van der Waals surface area contributed by atoms with Crippen molar-refractivity contribution in [1.29, 1.82) is 0 Å². The molecule has 0 radical (unpaired) electrons. The molecule has 0 saturated heterocycles. The van der Waals surface area contributed by atoms with Crippen LogP contribution in [0.3, 0.4) is 0 Å². The van der Waals surface area contributed by atoms with Crippen molar-refractivity contribution < 1.29 is 14.3 Å². The van der Waals surface area contributed by atoms with Gasteiger partial charge < -0.3 is 20.4 Å². The lowest BCUT2D eigenvalue weighted by molar-refractivity contribution is -0.123. The Hall–Kier alpha value is -3.35. The predicted molar refractivity (Wildman–Crippen MR) is 93.2 cm³/mol.